The van der Waals surface area contributed by atoms with Crippen LogP contribution in [0.2, 0.25) is 0 Å². The Labute approximate surface area is 130 Å². The van der Waals surface area contributed by atoms with Gasteiger partial charge in [0, 0.05) is 13.0 Å². The van der Waals surface area contributed by atoms with E-state index >= 15 is 0 Å². The zero-order chi connectivity index (χ0) is 16.2. The van der Waals surface area contributed by atoms with Gasteiger partial charge in [-0.05, 0) is 32.9 Å². The minimum atomic E-state index is -0.730. The Bertz CT molecular complexity index is 525. The Balaban J connectivity index is 1.80. The van der Waals surface area contributed by atoms with Crippen molar-refractivity contribution in [3.63, 3.8) is 0 Å². The molecule has 1 heterocycles. The van der Waals surface area contributed by atoms with Gasteiger partial charge in [0.1, 0.15) is 17.5 Å². The summed E-state index contributed by atoms with van der Waals surface area (Å²) in [6.45, 7) is 5.79. The summed E-state index contributed by atoms with van der Waals surface area (Å²) in [4.78, 5) is 23.6. The van der Waals surface area contributed by atoms with Gasteiger partial charge in [-0.3, -0.25) is 10.1 Å². The first-order valence-electron chi connectivity index (χ1n) is 7.32. The van der Waals surface area contributed by atoms with Gasteiger partial charge >= 0.3 is 6.09 Å². The van der Waals surface area contributed by atoms with E-state index in [0.29, 0.717) is 13.0 Å². The zero-order valence-corrected chi connectivity index (χ0v) is 13.1. The van der Waals surface area contributed by atoms with Gasteiger partial charge in [-0.25, -0.2) is 4.79 Å². The van der Waals surface area contributed by atoms with Crippen LogP contribution >= 0.6 is 0 Å². The number of carbonyl (C=O) groups excluding carboxylic acids is 2. The van der Waals surface area contributed by atoms with Crippen molar-refractivity contribution in [3.8, 4) is 5.75 Å². The summed E-state index contributed by atoms with van der Waals surface area (Å²) in [7, 11) is 0. The maximum Gasteiger partial charge on any atom is 0.414 e. The Morgan fingerprint density at radius 3 is 2.55 bits per heavy atom. The highest BCUT2D eigenvalue weighted by molar-refractivity contribution is 5.95. The molecule has 0 radical (unpaired) electrons. The van der Waals surface area contributed by atoms with Gasteiger partial charge in [-0.15, -0.1) is 0 Å². The molecule has 0 aromatic heterocycles. The quantitative estimate of drug-likeness (QED) is 0.891. The second-order valence-electron chi connectivity index (χ2n) is 6.24. The molecule has 6 nitrogen and oxygen atoms in total. The van der Waals surface area contributed by atoms with Crippen molar-refractivity contribution in [2.75, 3.05) is 6.54 Å². The lowest BCUT2D eigenvalue weighted by Crippen LogP contribution is -2.45. The van der Waals surface area contributed by atoms with Crippen LogP contribution in [0.25, 0.3) is 0 Å². The molecule has 0 saturated carbocycles. The first-order valence-corrected chi connectivity index (χ1v) is 7.32. The third-order valence-corrected chi connectivity index (χ3v) is 3.08. The number of hydrogen-bond donors (Lipinski definition) is 2. The molecule has 22 heavy (non-hydrogen) atoms. The average molecular weight is 306 g/mol. The molecule has 1 aliphatic rings. The minimum absolute atomic E-state index is 0.100. The van der Waals surface area contributed by atoms with Gasteiger partial charge in [0.25, 0.3) is 0 Å². The maximum atomic E-state index is 12.0. The second kappa shape index (κ2) is 6.79. The number of alkyl carbamates (subject to hydrolysis) is 1. The average Bonchev–Trinajstić information content (AvgIpc) is 2.86. The Kier molecular flexibility index (Phi) is 5.03. The van der Waals surface area contributed by atoms with Gasteiger partial charge in [0.2, 0.25) is 5.91 Å². The summed E-state index contributed by atoms with van der Waals surface area (Å²) in [5.74, 6) is 0.371. The standard InChI is InChI=1S/C16H22N2O4/c1-16(2,3)22-15(20)18-14(19)13-9-12(10-17-13)21-11-7-5-4-6-8-11/h4-8,12-13,17H,9-10H2,1-3H3,(H,18,19,20)/t12-,13-/m0/s1. The second-order valence-corrected chi connectivity index (χ2v) is 6.24. The highest BCUT2D eigenvalue weighted by Gasteiger charge is 2.32. The summed E-state index contributed by atoms with van der Waals surface area (Å²) >= 11 is 0. The fraction of sp³-hybridized carbons (Fsp3) is 0.500. The molecule has 1 fully saturated rings. The van der Waals surface area contributed by atoms with Crippen molar-refractivity contribution in [2.24, 2.45) is 0 Å². The molecule has 2 rings (SSSR count). The van der Waals surface area contributed by atoms with E-state index < -0.39 is 23.6 Å². The lowest BCUT2D eigenvalue weighted by atomic mass is 10.2. The Hall–Kier alpha value is -2.08. The first kappa shape index (κ1) is 16.3. The van der Waals surface area contributed by atoms with Crippen LogP contribution in [0.5, 0.6) is 5.75 Å². The number of nitrogens with one attached hydrogen (secondary N) is 2. The molecule has 0 spiro atoms. The molecule has 1 aromatic carbocycles. The number of imide groups is 1. The number of rotatable bonds is 3. The molecule has 0 aliphatic carbocycles. The number of carbonyl (C=O) groups is 2. The van der Waals surface area contributed by atoms with Crippen molar-refractivity contribution < 1.29 is 19.1 Å². The van der Waals surface area contributed by atoms with E-state index in [-0.39, 0.29) is 6.10 Å². The summed E-state index contributed by atoms with van der Waals surface area (Å²) in [6, 6.07) is 8.98. The van der Waals surface area contributed by atoms with Gasteiger partial charge < -0.3 is 14.8 Å². The highest BCUT2D eigenvalue weighted by Crippen LogP contribution is 2.17. The van der Waals surface area contributed by atoms with Crippen LogP contribution in [0, 0.1) is 0 Å². The highest BCUT2D eigenvalue weighted by atomic mass is 16.6. The van der Waals surface area contributed by atoms with Crippen molar-refractivity contribution in [2.45, 2.75) is 44.9 Å². The van der Waals surface area contributed by atoms with Crippen molar-refractivity contribution in [1.29, 1.82) is 0 Å². The third-order valence-electron chi connectivity index (χ3n) is 3.08. The lowest BCUT2D eigenvalue weighted by molar-refractivity contribution is -0.122. The lowest BCUT2D eigenvalue weighted by Gasteiger charge is -2.20. The third kappa shape index (κ3) is 5.04. The molecule has 120 valence electrons. The van der Waals surface area contributed by atoms with E-state index in [1.54, 1.807) is 20.8 Å². The molecule has 2 N–H and O–H groups in total. The topological polar surface area (TPSA) is 76.7 Å². The van der Waals surface area contributed by atoms with E-state index in [9.17, 15) is 9.59 Å². The molecule has 0 bridgehead atoms. The molecule has 1 aromatic rings. The zero-order valence-electron chi connectivity index (χ0n) is 13.1. The number of ether oxygens (including phenoxy) is 2. The fourth-order valence-electron chi connectivity index (χ4n) is 2.18. The van der Waals surface area contributed by atoms with Crippen molar-refractivity contribution in [1.82, 2.24) is 10.6 Å². The van der Waals surface area contributed by atoms with Crippen molar-refractivity contribution in [3.05, 3.63) is 30.3 Å². The molecule has 1 aliphatic heterocycles. The van der Waals surface area contributed by atoms with Crippen molar-refractivity contribution >= 4 is 12.0 Å². The number of amides is 2. The van der Waals surface area contributed by atoms with Crippen LogP contribution in [-0.4, -0.2) is 36.3 Å². The number of para-hydroxylation sites is 1. The van der Waals surface area contributed by atoms with Crippen LogP contribution in [0.15, 0.2) is 30.3 Å². The van der Waals surface area contributed by atoms with Crippen LogP contribution in [-0.2, 0) is 9.53 Å². The number of benzene rings is 1. The van der Waals surface area contributed by atoms with E-state index in [1.165, 1.54) is 0 Å². The van der Waals surface area contributed by atoms with E-state index in [2.05, 4.69) is 10.6 Å². The summed E-state index contributed by atoms with van der Waals surface area (Å²) in [6.07, 6.45) is -0.327. The Morgan fingerprint density at radius 1 is 1.23 bits per heavy atom. The normalized spacial score (nSPS) is 21.2. The van der Waals surface area contributed by atoms with Gasteiger partial charge in [-0.1, -0.05) is 18.2 Å². The van der Waals surface area contributed by atoms with Gasteiger partial charge in [0.15, 0.2) is 0 Å². The molecular weight excluding hydrogens is 284 g/mol. The molecular formula is C16H22N2O4. The largest absolute Gasteiger partial charge is 0.489 e. The molecule has 2 atom stereocenters. The van der Waals surface area contributed by atoms with E-state index in [0.717, 1.165) is 5.75 Å². The number of hydrogen-bond acceptors (Lipinski definition) is 5. The Morgan fingerprint density at radius 2 is 1.91 bits per heavy atom. The van der Waals surface area contributed by atoms with Gasteiger partial charge in [0.05, 0.1) is 6.04 Å². The molecule has 1 saturated heterocycles. The van der Waals surface area contributed by atoms with Crippen LogP contribution in [0.1, 0.15) is 27.2 Å². The van der Waals surface area contributed by atoms with Crippen LogP contribution in [0.4, 0.5) is 4.79 Å². The predicted molar refractivity (Wildman–Crippen MR) is 81.6 cm³/mol. The fourth-order valence-corrected chi connectivity index (χ4v) is 2.18. The van der Waals surface area contributed by atoms with Crippen LogP contribution in [0.3, 0.4) is 0 Å². The van der Waals surface area contributed by atoms with Crippen LogP contribution < -0.4 is 15.4 Å². The molecule has 0 unspecified atom stereocenters. The minimum Gasteiger partial charge on any atom is -0.489 e. The SMILES string of the molecule is CC(C)(C)OC(=O)NC(=O)[C@@H]1C[C@H](Oc2ccccc2)CN1. The molecule has 6 heteroatoms. The molecule has 2 amide bonds. The summed E-state index contributed by atoms with van der Waals surface area (Å²) in [5.41, 5.74) is -0.633. The summed E-state index contributed by atoms with van der Waals surface area (Å²) < 4.78 is 10.8. The summed E-state index contributed by atoms with van der Waals surface area (Å²) in [5, 5.41) is 5.29. The first-order chi connectivity index (χ1) is 10.3. The van der Waals surface area contributed by atoms with E-state index in [4.69, 9.17) is 9.47 Å². The van der Waals surface area contributed by atoms with Gasteiger partial charge in [-0.2, -0.15) is 0 Å². The van der Waals surface area contributed by atoms with E-state index in [1.807, 2.05) is 30.3 Å². The maximum absolute atomic E-state index is 12.0. The predicted octanol–water partition coefficient (Wildman–Crippen LogP) is 1.85. The monoisotopic (exact) mass is 306 g/mol. The smallest absolute Gasteiger partial charge is 0.414 e.